The van der Waals surface area contributed by atoms with Crippen LogP contribution in [0.1, 0.15) is 57.9 Å². The van der Waals surface area contributed by atoms with Crippen LogP contribution in [-0.4, -0.2) is 6.04 Å². The number of hydrogen-bond acceptors (Lipinski definition) is 2. The third-order valence-electron chi connectivity index (χ3n) is 3.80. The minimum Gasteiger partial charge on any atom is -0.469 e. The van der Waals surface area contributed by atoms with Crippen molar-refractivity contribution >= 4 is 0 Å². The first-order chi connectivity index (χ1) is 7.48. The standard InChI is InChI=1S/C14H23NO/c1-10(14(2,3)4)15-12-6-5-7-13-11(12)8-9-16-13/h8-10,12,15H,5-7H2,1-4H3. The van der Waals surface area contributed by atoms with Crippen LogP contribution in [0.4, 0.5) is 0 Å². The van der Waals surface area contributed by atoms with Crippen LogP contribution >= 0.6 is 0 Å². The molecule has 1 aromatic rings. The fraction of sp³-hybridized carbons (Fsp3) is 0.714. The molecule has 0 aliphatic heterocycles. The van der Waals surface area contributed by atoms with E-state index in [1.165, 1.54) is 24.2 Å². The fourth-order valence-electron chi connectivity index (χ4n) is 2.21. The Morgan fingerprint density at radius 1 is 1.44 bits per heavy atom. The van der Waals surface area contributed by atoms with Crippen LogP contribution in [0, 0.1) is 5.41 Å². The molecule has 0 amide bonds. The van der Waals surface area contributed by atoms with Gasteiger partial charge in [-0.3, -0.25) is 0 Å². The van der Waals surface area contributed by atoms with Crippen LogP contribution in [0.5, 0.6) is 0 Å². The van der Waals surface area contributed by atoms with Gasteiger partial charge in [-0.2, -0.15) is 0 Å². The lowest BCUT2D eigenvalue weighted by atomic mass is 9.85. The van der Waals surface area contributed by atoms with Gasteiger partial charge in [0, 0.05) is 24.1 Å². The summed E-state index contributed by atoms with van der Waals surface area (Å²) < 4.78 is 5.51. The fourth-order valence-corrected chi connectivity index (χ4v) is 2.21. The van der Waals surface area contributed by atoms with Crippen LogP contribution in [0.2, 0.25) is 0 Å². The highest BCUT2D eigenvalue weighted by molar-refractivity contribution is 5.24. The number of fused-ring (bicyclic) bond motifs is 1. The third kappa shape index (κ3) is 2.32. The molecule has 1 aromatic heterocycles. The summed E-state index contributed by atoms with van der Waals surface area (Å²) in [6.07, 6.45) is 5.39. The van der Waals surface area contributed by atoms with E-state index in [1.54, 1.807) is 0 Å². The molecule has 0 radical (unpaired) electrons. The molecule has 90 valence electrons. The number of hydrogen-bond donors (Lipinski definition) is 1. The minimum absolute atomic E-state index is 0.307. The molecule has 1 heterocycles. The van der Waals surface area contributed by atoms with E-state index in [0.717, 1.165) is 6.42 Å². The van der Waals surface area contributed by atoms with Crippen LogP contribution in [0.3, 0.4) is 0 Å². The molecule has 0 bridgehead atoms. The van der Waals surface area contributed by atoms with Crippen molar-refractivity contribution in [2.45, 2.75) is 59.0 Å². The maximum Gasteiger partial charge on any atom is 0.108 e. The molecule has 1 aliphatic rings. The summed E-state index contributed by atoms with van der Waals surface area (Å²) in [5.41, 5.74) is 1.68. The summed E-state index contributed by atoms with van der Waals surface area (Å²) >= 11 is 0. The van der Waals surface area contributed by atoms with Crippen molar-refractivity contribution in [3.63, 3.8) is 0 Å². The van der Waals surface area contributed by atoms with E-state index in [2.05, 4.69) is 39.1 Å². The van der Waals surface area contributed by atoms with E-state index in [9.17, 15) is 0 Å². The average Bonchev–Trinajstić information content (AvgIpc) is 2.65. The summed E-state index contributed by atoms with van der Waals surface area (Å²) in [4.78, 5) is 0. The topological polar surface area (TPSA) is 25.2 Å². The smallest absolute Gasteiger partial charge is 0.108 e. The average molecular weight is 221 g/mol. The molecule has 2 rings (SSSR count). The van der Waals surface area contributed by atoms with E-state index in [0.29, 0.717) is 17.5 Å². The second-order valence-corrected chi connectivity index (χ2v) is 6.00. The van der Waals surface area contributed by atoms with Gasteiger partial charge in [-0.05, 0) is 31.2 Å². The number of rotatable bonds is 2. The molecule has 16 heavy (non-hydrogen) atoms. The SMILES string of the molecule is CC(NC1CCCc2occc21)C(C)(C)C. The quantitative estimate of drug-likeness (QED) is 0.824. The van der Waals surface area contributed by atoms with E-state index in [-0.39, 0.29) is 0 Å². The number of furan rings is 1. The van der Waals surface area contributed by atoms with Crippen LogP contribution in [-0.2, 0) is 6.42 Å². The van der Waals surface area contributed by atoms with Crippen LogP contribution < -0.4 is 5.32 Å². The lowest BCUT2D eigenvalue weighted by Gasteiger charge is -2.33. The van der Waals surface area contributed by atoms with Gasteiger partial charge in [-0.15, -0.1) is 0 Å². The Morgan fingerprint density at radius 2 is 2.19 bits per heavy atom. The first-order valence-corrected chi connectivity index (χ1v) is 6.31. The summed E-state index contributed by atoms with van der Waals surface area (Å²) in [5, 5.41) is 3.74. The molecule has 0 aromatic carbocycles. The molecule has 2 nitrogen and oxygen atoms in total. The molecule has 2 atom stereocenters. The van der Waals surface area contributed by atoms with Crippen molar-refractivity contribution in [3.8, 4) is 0 Å². The second-order valence-electron chi connectivity index (χ2n) is 6.00. The third-order valence-corrected chi connectivity index (χ3v) is 3.80. The molecular formula is C14H23NO. The lowest BCUT2D eigenvalue weighted by Crippen LogP contribution is -2.40. The van der Waals surface area contributed by atoms with Crippen molar-refractivity contribution in [3.05, 3.63) is 23.7 Å². The Labute approximate surface area is 98.4 Å². The molecule has 0 fully saturated rings. The van der Waals surface area contributed by atoms with E-state index >= 15 is 0 Å². The number of nitrogens with one attached hydrogen (secondary N) is 1. The van der Waals surface area contributed by atoms with E-state index in [1.807, 2.05) is 6.26 Å². The van der Waals surface area contributed by atoms with Crippen molar-refractivity contribution < 1.29 is 4.42 Å². The lowest BCUT2D eigenvalue weighted by molar-refractivity contribution is 0.251. The van der Waals surface area contributed by atoms with E-state index in [4.69, 9.17) is 4.42 Å². The summed E-state index contributed by atoms with van der Waals surface area (Å²) in [5.74, 6) is 1.19. The Bertz CT molecular complexity index is 348. The summed E-state index contributed by atoms with van der Waals surface area (Å²) in [6, 6.07) is 3.12. The van der Waals surface area contributed by atoms with Crippen LogP contribution in [0.15, 0.2) is 16.7 Å². The second kappa shape index (κ2) is 4.25. The van der Waals surface area contributed by atoms with Crippen molar-refractivity contribution in [1.29, 1.82) is 0 Å². The van der Waals surface area contributed by atoms with Gasteiger partial charge >= 0.3 is 0 Å². The molecule has 0 saturated carbocycles. The monoisotopic (exact) mass is 221 g/mol. The predicted molar refractivity (Wildman–Crippen MR) is 66.4 cm³/mol. The van der Waals surface area contributed by atoms with Gasteiger partial charge in [0.25, 0.3) is 0 Å². The van der Waals surface area contributed by atoms with Gasteiger partial charge in [-0.1, -0.05) is 20.8 Å². The summed E-state index contributed by atoms with van der Waals surface area (Å²) in [6.45, 7) is 9.12. The van der Waals surface area contributed by atoms with Gasteiger partial charge in [0.05, 0.1) is 6.26 Å². The van der Waals surface area contributed by atoms with Crippen molar-refractivity contribution in [1.82, 2.24) is 5.32 Å². The first kappa shape index (κ1) is 11.7. The van der Waals surface area contributed by atoms with Gasteiger partial charge in [-0.25, -0.2) is 0 Å². The van der Waals surface area contributed by atoms with Gasteiger partial charge in [0.2, 0.25) is 0 Å². The molecule has 1 N–H and O–H groups in total. The Balaban J connectivity index is 2.08. The maximum absolute atomic E-state index is 5.51. The summed E-state index contributed by atoms with van der Waals surface area (Å²) in [7, 11) is 0. The highest BCUT2D eigenvalue weighted by atomic mass is 16.3. The van der Waals surface area contributed by atoms with Gasteiger partial charge in [0.15, 0.2) is 0 Å². The molecule has 0 saturated heterocycles. The zero-order valence-corrected chi connectivity index (χ0v) is 10.8. The van der Waals surface area contributed by atoms with Crippen molar-refractivity contribution in [2.24, 2.45) is 5.41 Å². The highest BCUT2D eigenvalue weighted by Crippen LogP contribution is 2.32. The Hall–Kier alpha value is -0.760. The Morgan fingerprint density at radius 3 is 2.88 bits per heavy atom. The normalized spacial score (nSPS) is 22.9. The molecule has 1 aliphatic carbocycles. The van der Waals surface area contributed by atoms with Crippen molar-refractivity contribution in [2.75, 3.05) is 0 Å². The zero-order chi connectivity index (χ0) is 11.8. The zero-order valence-electron chi connectivity index (χ0n) is 10.8. The van der Waals surface area contributed by atoms with Gasteiger partial charge in [0.1, 0.15) is 5.76 Å². The molecule has 0 spiro atoms. The number of aryl methyl sites for hydroxylation is 1. The molecular weight excluding hydrogens is 198 g/mol. The minimum atomic E-state index is 0.307. The van der Waals surface area contributed by atoms with Gasteiger partial charge < -0.3 is 9.73 Å². The molecule has 2 heteroatoms. The predicted octanol–water partition coefficient (Wildman–Crippen LogP) is 3.68. The first-order valence-electron chi connectivity index (χ1n) is 6.31. The van der Waals surface area contributed by atoms with Crippen LogP contribution in [0.25, 0.3) is 0 Å². The van der Waals surface area contributed by atoms with E-state index < -0.39 is 0 Å². The molecule has 2 unspecified atom stereocenters. The largest absolute Gasteiger partial charge is 0.469 e. The highest BCUT2D eigenvalue weighted by Gasteiger charge is 2.27. The Kier molecular flexibility index (Phi) is 3.11. The maximum atomic E-state index is 5.51.